The van der Waals surface area contributed by atoms with Crippen LogP contribution in [0.4, 0.5) is 68.9 Å². The van der Waals surface area contributed by atoms with Gasteiger partial charge >= 0.3 is 0 Å². The van der Waals surface area contributed by atoms with E-state index in [1.54, 1.807) is 0 Å². The van der Waals surface area contributed by atoms with Crippen molar-refractivity contribution in [3.8, 4) is 44.5 Å². The molecule has 0 unspecified atom stereocenters. The predicted molar refractivity (Wildman–Crippen MR) is 442 cm³/mol. The summed E-state index contributed by atoms with van der Waals surface area (Å²) in [5.74, 6) is 5.25. The number of benzene rings is 8. The monoisotopic (exact) mass is 1440 g/mol. The molecule has 0 N–H and O–H groups in total. The predicted octanol–water partition coefficient (Wildman–Crippen LogP) is 21.3. The minimum atomic E-state index is 0.897. The van der Waals surface area contributed by atoms with Crippen molar-refractivity contribution in [2.24, 2.45) is 0 Å². The highest BCUT2D eigenvalue weighted by Crippen LogP contribution is 2.60. The molecule has 0 spiro atoms. The highest BCUT2D eigenvalue weighted by atomic mass is 15.3. The third kappa shape index (κ3) is 9.05. The number of pyridine rings is 8. The zero-order chi connectivity index (χ0) is 73.0. The summed E-state index contributed by atoms with van der Waals surface area (Å²) in [7, 11) is 0. The molecule has 0 fully saturated rings. The molecule has 28 rings (SSSR count). The molecule has 16 aromatic rings. The summed E-state index contributed by atoms with van der Waals surface area (Å²) in [6.07, 6.45) is 30.8. The Bertz CT molecular complexity index is 5990. The normalized spacial score (nSPS) is 14.6. The molecule has 528 valence electrons. The van der Waals surface area contributed by atoms with Crippen LogP contribution in [0.5, 0.6) is 0 Å². The number of aromatic nitrogens is 8. The summed E-state index contributed by atoms with van der Waals surface area (Å²) in [5.41, 5.74) is 53.5. The van der Waals surface area contributed by atoms with Crippen LogP contribution in [0.1, 0.15) is 134 Å². The lowest BCUT2D eigenvalue weighted by atomic mass is 9.83. The molecule has 112 heavy (non-hydrogen) atoms. The van der Waals surface area contributed by atoms with Crippen molar-refractivity contribution >= 4 is 68.9 Å². The van der Waals surface area contributed by atoms with Gasteiger partial charge in [0, 0.05) is 107 Å². The molecule has 0 atom stereocenters. The van der Waals surface area contributed by atoms with Gasteiger partial charge in [0.15, 0.2) is 0 Å². The lowest BCUT2D eigenvalue weighted by Gasteiger charge is -2.39. The fourth-order valence-corrected chi connectivity index (χ4v) is 21.1. The summed E-state index contributed by atoms with van der Waals surface area (Å²) in [6.45, 7) is 0. The maximum atomic E-state index is 4.78. The van der Waals surface area contributed by atoms with Gasteiger partial charge in [-0.25, -0.2) is 24.9 Å². The number of anilines is 12. The van der Waals surface area contributed by atoms with E-state index < -0.39 is 0 Å². The molecule has 0 radical (unpaired) electrons. The first-order chi connectivity index (χ1) is 55.5. The molecule has 12 nitrogen and oxygen atoms in total. The molecule has 0 saturated carbocycles. The third-order valence-electron chi connectivity index (χ3n) is 25.7. The summed E-state index contributed by atoms with van der Waals surface area (Å²) < 4.78 is 0. The van der Waals surface area contributed by atoms with E-state index in [1.165, 1.54) is 212 Å². The van der Waals surface area contributed by atoms with Gasteiger partial charge in [-0.1, -0.05) is 127 Å². The lowest BCUT2D eigenvalue weighted by molar-refractivity contribution is 0.939. The average molecular weight is 1440 g/mol. The molecule has 4 aliphatic carbocycles. The molecular weight excluding hydrogens is 1370 g/mol. The third-order valence-corrected chi connectivity index (χ3v) is 25.7. The average Bonchev–Trinajstić information content (AvgIpc) is 1.36. The molecule has 0 saturated heterocycles. The second-order valence-corrected chi connectivity index (χ2v) is 31.6. The fourth-order valence-electron chi connectivity index (χ4n) is 21.1. The highest BCUT2D eigenvalue weighted by molar-refractivity contribution is 5.98. The highest BCUT2D eigenvalue weighted by Gasteiger charge is 2.43. The second-order valence-electron chi connectivity index (χ2n) is 31.6. The lowest BCUT2D eigenvalue weighted by Crippen LogP contribution is -2.27. The van der Waals surface area contributed by atoms with Crippen LogP contribution in [0.2, 0.25) is 0 Å². The van der Waals surface area contributed by atoms with Crippen molar-refractivity contribution in [3.05, 3.63) is 402 Å². The van der Waals surface area contributed by atoms with Crippen molar-refractivity contribution < 1.29 is 0 Å². The number of nitrogens with zero attached hydrogens (tertiary/aromatic N) is 12. The van der Waals surface area contributed by atoms with Gasteiger partial charge in [0.1, 0.15) is 29.1 Å². The number of rotatable bonds is 0. The molecule has 8 aliphatic heterocycles. The van der Waals surface area contributed by atoms with Gasteiger partial charge in [-0.2, -0.15) is 0 Å². The van der Waals surface area contributed by atoms with Crippen LogP contribution in [-0.4, -0.2) is 39.9 Å². The van der Waals surface area contributed by atoms with Crippen LogP contribution >= 0.6 is 0 Å². The van der Waals surface area contributed by atoms with Crippen LogP contribution < -0.4 is 19.6 Å². The van der Waals surface area contributed by atoms with Crippen LogP contribution in [0.3, 0.4) is 0 Å². The van der Waals surface area contributed by atoms with Crippen molar-refractivity contribution in [1.82, 2.24) is 39.9 Å². The zero-order valence-corrected chi connectivity index (χ0v) is 61.3. The molecule has 12 heteroatoms. The van der Waals surface area contributed by atoms with Crippen molar-refractivity contribution in [2.45, 2.75) is 77.0 Å². The van der Waals surface area contributed by atoms with Crippen molar-refractivity contribution in [2.75, 3.05) is 19.6 Å². The first-order valence-corrected chi connectivity index (χ1v) is 39.3. The van der Waals surface area contributed by atoms with E-state index in [9.17, 15) is 0 Å². The summed E-state index contributed by atoms with van der Waals surface area (Å²) in [5, 5.41) is 0. The largest absolute Gasteiger partial charge is 0.294 e. The summed E-state index contributed by atoms with van der Waals surface area (Å²) in [6, 6.07) is 74.9. The molecule has 16 heterocycles. The quantitative estimate of drug-likeness (QED) is 0.144. The van der Waals surface area contributed by atoms with Crippen LogP contribution in [-0.2, 0) is 77.0 Å². The molecule has 0 bridgehead atoms. The van der Waals surface area contributed by atoms with E-state index >= 15 is 0 Å². The van der Waals surface area contributed by atoms with Gasteiger partial charge in [-0.05, 0) is 277 Å². The van der Waals surface area contributed by atoms with E-state index in [0.717, 1.165) is 112 Å². The Balaban J connectivity index is 0.0000000847. The van der Waals surface area contributed by atoms with Gasteiger partial charge in [-0.3, -0.25) is 34.6 Å². The first-order valence-electron chi connectivity index (χ1n) is 39.3. The van der Waals surface area contributed by atoms with Crippen molar-refractivity contribution in [1.29, 1.82) is 0 Å². The Kier molecular flexibility index (Phi) is 13.2. The van der Waals surface area contributed by atoms with Crippen molar-refractivity contribution in [3.63, 3.8) is 0 Å². The smallest absolute Gasteiger partial charge is 0.142 e. The van der Waals surface area contributed by atoms with Gasteiger partial charge in [0.05, 0.1) is 51.7 Å². The Morgan fingerprint density at radius 3 is 0.946 bits per heavy atom. The molecule has 8 aromatic heterocycles. The number of hydrogen-bond acceptors (Lipinski definition) is 12. The maximum Gasteiger partial charge on any atom is 0.142 e. The molecular formula is C100H68N12. The SMILES string of the molecule is c1ccc2c(c1)Cc1c-2cc2c3c1Cc1cccnc1N3c1ncccc1C2.c1ccc2c(c1)Cc1c-2cc2c3c1Cc1ccncc1N3c1ncccc1C2.c1ccc2c(c1)Cc1c-2cc2c3c1Cc1cnccc1N3c1ncccc1C2.c1ccc2c(c1)Cc1c-2cc2c3c1Cc1ncccc1N3c1ncccc1C2. The Labute approximate surface area is 647 Å². The van der Waals surface area contributed by atoms with E-state index in [2.05, 4.69) is 199 Å². The van der Waals surface area contributed by atoms with E-state index in [4.69, 9.17) is 29.9 Å². The minimum absolute atomic E-state index is 0.897. The van der Waals surface area contributed by atoms with Gasteiger partial charge < -0.3 is 0 Å². The first kappa shape index (κ1) is 62.1. The standard InChI is InChI=1S/4C25H17N3/c1-2-8-19-15(5-1)12-21-20(19)14-18-11-16-6-3-9-26-24(16)28-23(18)22(21)13-17-7-4-10-27-25(17)28;1-2-7-18-15(5-1)12-20-19(18)13-17-11-16-6-3-10-27-25(16)28-23-8-4-9-26-22(23)14-21(20)24(17)28;1-2-6-19-15(4-1)11-21-20(19)13-18-10-17-5-3-8-27-25(17)28-23-14-26-9-7-16(23)12-22(21)24(18)28;1-2-6-19-15(4-1)11-21-20(19)12-17-10-16-5-3-8-27-25(16)28-23-7-9-26-14-18(23)13-22(21)24(17)28/h1-10,14H,11-13H2;1-10,13H,11-12,14H2;1-9,13-14H,10-12H2;1-9,12,14H,10-11,13H2. The van der Waals surface area contributed by atoms with Crippen LogP contribution in [0, 0.1) is 0 Å². The Morgan fingerprint density at radius 1 is 0.188 bits per heavy atom. The fraction of sp³-hybridized carbons (Fsp3) is 0.120. The molecule has 0 amide bonds. The van der Waals surface area contributed by atoms with Gasteiger partial charge in [-0.15, -0.1) is 0 Å². The van der Waals surface area contributed by atoms with E-state index in [0.29, 0.717) is 0 Å². The second kappa shape index (κ2) is 23.8. The number of hydrogen-bond donors (Lipinski definition) is 0. The topological polar surface area (TPSA) is 116 Å². The summed E-state index contributed by atoms with van der Waals surface area (Å²) >= 11 is 0. The number of fused-ring (bicyclic) bond motifs is 32. The summed E-state index contributed by atoms with van der Waals surface area (Å²) in [4.78, 5) is 46.9. The molecule has 8 aromatic carbocycles. The maximum absolute atomic E-state index is 4.78. The van der Waals surface area contributed by atoms with E-state index in [-0.39, 0.29) is 0 Å². The van der Waals surface area contributed by atoms with Gasteiger partial charge in [0.2, 0.25) is 0 Å². The van der Waals surface area contributed by atoms with Crippen LogP contribution in [0.25, 0.3) is 44.5 Å². The van der Waals surface area contributed by atoms with Gasteiger partial charge in [0.25, 0.3) is 0 Å². The Hall–Kier alpha value is -13.8. The van der Waals surface area contributed by atoms with E-state index in [1.807, 2.05) is 98.4 Å². The Morgan fingerprint density at radius 2 is 0.500 bits per heavy atom. The minimum Gasteiger partial charge on any atom is -0.294 e. The molecule has 12 aliphatic rings. The van der Waals surface area contributed by atoms with Crippen LogP contribution in [0.15, 0.2) is 268 Å². The zero-order valence-electron chi connectivity index (χ0n) is 61.3.